The summed E-state index contributed by atoms with van der Waals surface area (Å²) in [6.07, 6.45) is 0. The molecule has 0 saturated heterocycles. The Kier molecular flexibility index (Phi) is 4.90. The molecule has 0 saturated carbocycles. The van der Waals surface area contributed by atoms with Gasteiger partial charge >= 0.3 is 0 Å². The van der Waals surface area contributed by atoms with Crippen molar-refractivity contribution in [2.75, 3.05) is 13.1 Å². The molecule has 0 spiro atoms. The molecule has 17 heavy (non-hydrogen) atoms. The Bertz CT molecular complexity index is 407. The van der Waals surface area contributed by atoms with Gasteiger partial charge in [-0.05, 0) is 36.7 Å². The first kappa shape index (κ1) is 13.4. The average Bonchev–Trinajstić information content (AvgIpc) is 2.31. The van der Waals surface area contributed by atoms with Crippen LogP contribution >= 0.6 is 0 Å². The highest BCUT2D eigenvalue weighted by Gasteiger charge is 2.08. The first-order valence-electron chi connectivity index (χ1n) is 5.50. The maximum absolute atomic E-state index is 12.9. The molecule has 0 amide bonds. The molecule has 1 rings (SSSR count). The molecule has 0 aliphatic heterocycles. The molecule has 0 radical (unpaired) electrons. The lowest BCUT2D eigenvalue weighted by Gasteiger charge is -2.20. The Morgan fingerprint density at radius 2 is 2.24 bits per heavy atom. The fourth-order valence-corrected chi connectivity index (χ4v) is 1.62. The summed E-state index contributed by atoms with van der Waals surface area (Å²) in [7, 11) is 0. The average molecular weight is 239 g/mol. The van der Waals surface area contributed by atoms with Gasteiger partial charge in [0.15, 0.2) is 5.84 Å². The number of oxime groups is 1. The molecule has 4 nitrogen and oxygen atoms in total. The predicted octanol–water partition coefficient (Wildman–Crippen LogP) is 1.70. The lowest BCUT2D eigenvalue weighted by Crippen LogP contribution is -2.33. The topological polar surface area (TPSA) is 61.8 Å². The van der Waals surface area contributed by atoms with E-state index in [9.17, 15) is 4.39 Å². The van der Waals surface area contributed by atoms with E-state index in [1.165, 1.54) is 12.1 Å². The Labute approximate surface area is 101 Å². The largest absolute Gasteiger partial charge is 0.409 e. The van der Waals surface area contributed by atoms with Crippen molar-refractivity contribution in [1.29, 1.82) is 0 Å². The number of benzene rings is 1. The van der Waals surface area contributed by atoms with Crippen LogP contribution in [0.5, 0.6) is 0 Å². The van der Waals surface area contributed by atoms with E-state index in [2.05, 4.69) is 5.16 Å². The van der Waals surface area contributed by atoms with E-state index in [0.29, 0.717) is 13.1 Å². The molecule has 0 aliphatic rings. The van der Waals surface area contributed by atoms with Crippen molar-refractivity contribution in [3.05, 3.63) is 35.1 Å². The van der Waals surface area contributed by atoms with Crippen LogP contribution in [0.15, 0.2) is 23.4 Å². The normalized spacial score (nSPS) is 12.1. The zero-order chi connectivity index (χ0) is 12.8. The van der Waals surface area contributed by atoms with Gasteiger partial charge in [-0.25, -0.2) is 4.39 Å². The molecule has 0 bridgehead atoms. The quantitative estimate of drug-likeness (QED) is 0.356. The third-order valence-corrected chi connectivity index (χ3v) is 2.66. The van der Waals surface area contributed by atoms with Gasteiger partial charge < -0.3 is 10.9 Å². The fourth-order valence-electron chi connectivity index (χ4n) is 1.62. The van der Waals surface area contributed by atoms with Gasteiger partial charge in [0.25, 0.3) is 0 Å². The summed E-state index contributed by atoms with van der Waals surface area (Å²) in [6, 6.07) is 4.71. The Balaban J connectivity index is 2.73. The van der Waals surface area contributed by atoms with Crippen molar-refractivity contribution in [3.8, 4) is 0 Å². The third kappa shape index (κ3) is 4.03. The number of rotatable bonds is 5. The summed E-state index contributed by atoms with van der Waals surface area (Å²) < 4.78 is 12.9. The highest BCUT2D eigenvalue weighted by atomic mass is 19.1. The van der Waals surface area contributed by atoms with Gasteiger partial charge in [-0.3, -0.25) is 4.90 Å². The second kappa shape index (κ2) is 6.20. The van der Waals surface area contributed by atoms with Crippen molar-refractivity contribution in [3.63, 3.8) is 0 Å². The minimum absolute atomic E-state index is 0.173. The number of hydrogen-bond acceptors (Lipinski definition) is 3. The van der Waals surface area contributed by atoms with Gasteiger partial charge in [-0.15, -0.1) is 0 Å². The summed E-state index contributed by atoms with van der Waals surface area (Å²) in [5.41, 5.74) is 7.41. The summed E-state index contributed by atoms with van der Waals surface area (Å²) in [6.45, 7) is 5.68. The minimum atomic E-state index is -0.231. The summed E-state index contributed by atoms with van der Waals surface area (Å²) in [4.78, 5) is 2.01. The van der Waals surface area contributed by atoms with Gasteiger partial charge in [0.1, 0.15) is 5.82 Å². The predicted molar refractivity (Wildman–Crippen MR) is 65.5 cm³/mol. The molecule has 0 aliphatic carbocycles. The maximum Gasteiger partial charge on any atom is 0.153 e. The van der Waals surface area contributed by atoms with E-state index in [0.717, 1.165) is 17.7 Å². The van der Waals surface area contributed by atoms with Gasteiger partial charge in [0, 0.05) is 6.54 Å². The van der Waals surface area contributed by atoms with E-state index in [1.807, 2.05) is 18.7 Å². The molecule has 94 valence electrons. The van der Waals surface area contributed by atoms with Crippen molar-refractivity contribution in [2.24, 2.45) is 10.9 Å². The summed E-state index contributed by atoms with van der Waals surface area (Å²) in [5.74, 6) is -0.0580. The van der Waals surface area contributed by atoms with Crippen molar-refractivity contribution in [2.45, 2.75) is 20.4 Å². The zero-order valence-electron chi connectivity index (χ0n) is 10.2. The maximum atomic E-state index is 12.9. The molecule has 1 aromatic rings. The van der Waals surface area contributed by atoms with Crippen molar-refractivity contribution < 1.29 is 9.60 Å². The van der Waals surface area contributed by atoms with E-state index >= 15 is 0 Å². The summed E-state index contributed by atoms with van der Waals surface area (Å²) in [5, 5.41) is 11.5. The van der Waals surface area contributed by atoms with Crippen molar-refractivity contribution in [1.82, 2.24) is 4.90 Å². The van der Waals surface area contributed by atoms with Crippen LogP contribution in [0.1, 0.15) is 18.1 Å². The molecule has 3 N–H and O–H groups in total. The van der Waals surface area contributed by atoms with E-state index in [4.69, 9.17) is 10.9 Å². The SMILES string of the molecule is CCN(C/C(N)=N/O)Cc1ccc(F)cc1C. The van der Waals surface area contributed by atoms with E-state index in [-0.39, 0.29) is 11.7 Å². The highest BCUT2D eigenvalue weighted by molar-refractivity contribution is 5.81. The second-order valence-electron chi connectivity index (χ2n) is 3.97. The number of nitrogens with two attached hydrogens (primary N) is 1. The second-order valence-corrected chi connectivity index (χ2v) is 3.97. The van der Waals surface area contributed by atoms with Crippen LogP contribution in [0, 0.1) is 12.7 Å². The number of likely N-dealkylation sites (N-methyl/N-ethyl adjacent to an activating group) is 1. The van der Waals surface area contributed by atoms with Gasteiger partial charge in [-0.1, -0.05) is 18.1 Å². The number of nitrogens with zero attached hydrogens (tertiary/aromatic N) is 2. The minimum Gasteiger partial charge on any atom is -0.409 e. The third-order valence-electron chi connectivity index (χ3n) is 2.66. The highest BCUT2D eigenvalue weighted by Crippen LogP contribution is 2.12. The standard InChI is InChI=1S/C12H18FN3O/c1-3-16(8-12(14)15-17)7-10-4-5-11(13)6-9(10)2/h4-6,17H,3,7-8H2,1-2H3,(H2,14,15). The zero-order valence-corrected chi connectivity index (χ0v) is 10.2. The van der Waals surface area contributed by atoms with Gasteiger partial charge in [0.2, 0.25) is 0 Å². The smallest absolute Gasteiger partial charge is 0.153 e. The Morgan fingerprint density at radius 3 is 2.76 bits per heavy atom. The van der Waals surface area contributed by atoms with Crippen LogP contribution in [0.25, 0.3) is 0 Å². The molecule has 0 aromatic heterocycles. The number of amidine groups is 1. The lowest BCUT2D eigenvalue weighted by atomic mass is 10.1. The molecule has 0 fully saturated rings. The van der Waals surface area contributed by atoms with E-state index < -0.39 is 0 Å². The van der Waals surface area contributed by atoms with Gasteiger partial charge in [-0.2, -0.15) is 0 Å². The van der Waals surface area contributed by atoms with Crippen molar-refractivity contribution >= 4 is 5.84 Å². The van der Waals surface area contributed by atoms with Crippen LogP contribution < -0.4 is 5.73 Å². The fraction of sp³-hybridized carbons (Fsp3) is 0.417. The van der Waals surface area contributed by atoms with Crippen LogP contribution in [0.4, 0.5) is 4.39 Å². The Hall–Kier alpha value is -1.62. The van der Waals surface area contributed by atoms with Gasteiger partial charge in [0.05, 0.1) is 6.54 Å². The van der Waals surface area contributed by atoms with Crippen LogP contribution in [-0.4, -0.2) is 29.0 Å². The lowest BCUT2D eigenvalue weighted by molar-refractivity contribution is 0.294. The molecular weight excluding hydrogens is 221 g/mol. The van der Waals surface area contributed by atoms with E-state index in [1.54, 1.807) is 6.07 Å². The molecule has 0 heterocycles. The molecule has 5 heteroatoms. The number of hydrogen-bond donors (Lipinski definition) is 2. The van der Waals surface area contributed by atoms with Crippen LogP contribution in [-0.2, 0) is 6.54 Å². The van der Waals surface area contributed by atoms with Crippen LogP contribution in [0.3, 0.4) is 0 Å². The molecular formula is C12H18FN3O. The molecule has 1 aromatic carbocycles. The molecule has 0 atom stereocenters. The first-order valence-corrected chi connectivity index (χ1v) is 5.50. The Morgan fingerprint density at radius 1 is 1.53 bits per heavy atom. The number of halogens is 1. The monoisotopic (exact) mass is 239 g/mol. The molecule has 0 unspecified atom stereocenters. The number of aryl methyl sites for hydroxylation is 1. The van der Waals surface area contributed by atoms with Crippen LogP contribution in [0.2, 0.25) is 0 Å². The summed E-state index contributed by atoms with van der Waals surface area (Å²) >= 11 is 0. The first-order chi connectivity index (χ1) is 8.06.